The number of halogens is 2. The average Bonchev–Trinajstić information content (AvgIpc) is 2.62. The van der Waals surface area contributed by atoms with Gasteiger partial charge in [-0.1, -0.05) is 37.6 Å². The molecule has 0 radical (unpaired) electrons. The summed E-state index contributed by atoms with van der Waals surface area (Å²) in [5, 5.41) is 0.560. The summed E-state index contributed by atoms with van der Waals surface area (Å²) in [6, 6.07) is 9.89. The second-order valence-corrected chi connectivity index (χ2v) is 7.78. The molecule has 0 N–H and O–H groups in total. The average molecular weight is 400 g/mol. The molecule has 2 aromatic carbocycles. The smallest absolute Gasteiger partial charge is 0.338 e. The quantitative estimate of drug-likeness (QED) is 0.663. The van der Waals surface area contributed by atoms with Gasteiger partial charge in [-0.05, 0) is 35.9 Å². The molecule has 0 aliphatic heterocycles. The Bertz CT molecular complexity index is 881. The molecule has 26 heavy (non-hydrogen) atoms. The van der Waals surface area contributed by atoms with E-state index in [-0.39, 0.29) is 25.3 Å². The van der Waals surface area contributed by atoms with Crippen molar-refractivity contribution in [3.63, 3.8) is 0 Å². The van der Waals surface area contributed by atoms with Gasteiger partial charge in [0.15, 0.2) is 0 Å². The van der Waals surface area contributed by atoms with Gasteiger partial charge in [-0.3, -0.25) is 0 Å². The lowest BCUT2D eigenvalue weighted by atomic mass is 10.2. The molecule has 5 nitrogen and oxygen atoms in total. The van der Waals surface area contributed by atoms with Gasteiger partial charge in [0.25, 0.3) is 0 Å². The van der Waals surface area contributed by atoms with Crippen molar-refractivity contribution in [2.24, 2.45) is 0 Å². The number of ether oxygens (including phenoxy) is 1. The standard InChI is InChI=1S/C18H19ClFNO4S/c1-3-21(4-2)26(23,24)17-11-14(7-10-16(17)20)18(22)25-12-13-5-8-15(19)9-6-13/h5-11H,3-4,12H2,1-2H3. The fourth-order valence-electron chi connectivity index (χ4n) is 2.34. The molecule has 0 heterocycles. The molecule has 8 heteroatoms. The van der Waals surface area contributed by atoms with Crippen molar-refractivity contribution >= 4 is 27.6 Å². The van der Waals surface area contributed by atoms with Gasteiger partial charge in [-0.2, -0.15) is 4.31 Å². The first-order valence-electron chi connectivity index (χ1n) is 8.00. The van der Waals surface area contributed by atoms with Crippen molar-refractivity contribution in [1.82, 2.24) is 4.31 Å². The van der Waals surface area contributed by atoms with E-state index in [4.69, 9.17) is 16.3 Å². The maximum atomic E-state index is 14.1. The molecule has 0 aromatic heterocycles. The van der Waals surface area contributed by atoms with Crippen LogP contribution in [0.1, 0.15) is 29.8 Å². The predicted octanol–water partition coefficient (Wildman–Crippen LogP) is 3.87. The molecule has 0 saturated carbocycles. The zero-order valence-corrected chi connectivity index (χ0v) is 16.0. The molecule has 0 spiro atoms. The summed E-state index contributed by atoms with van der Waals surface area (Å²) in [5.41, 5.74) is 0.687. The summed E-state index contributed by atoms with van der Waals surface area (Å²) < 4.78 is 45.4. The van der Waals surface area contributed by atoms with Crippen LogP contribution in [0.5, 0.6) is 0 Å². The number of carbonyl (C=O) groups excluding carboxylic acids is 1. The number of carbonyl (C=O) groups is 1. The van der Waals surface area contributed by atoms with Crippen molar-refractivity contribution in [3.05, 3.63) is 64.4 Å². The minimum atomic E-state index is -4.02. The van der Waals surface area contributed by atoms with Crippen LogP contribution >= 0.6 is 11.6 Å². The van der Waals surface area contributed by atoms with Crippen molar-refractivity contribution in [1.29, 1.82) is 0 Å². The lowest BCUT2D eigenvalue weighted by molar-refractivity contribution is 0.0472. The highest BCUT2D eigenvalue weighted by molar-refractivity contribution is 7.89. The van der Waals surface area contributed by atoms with Gasteiger partial charge < -0.3 is 4.74 Å². The van der Waals surface area contributed by atoms with E-state index in [0.29, 0.717) is 5.02 Å². The second-order valence-electron chi connectivity index (χ2n) is 5.44. The van der Waals surface area contributed by atoms with Crippen LogP contribution in [-0.2, 0) is 21.4 Å². The van der Waals surface area contributed by atoms with Crippen molar-refractivity contribution in [2.45, 2.75) is 25.3 Å². The fourth-order valence-corrected chi connectivity index (χ4v) is 4.02. The largest absolute Gasteiger partial charge is 0.457 e. The van der Waals surface area contributed by atoms with Crippen molar-refractivity contribution in [3.8, 4) is 0 Å². The zero-order chi connectivity index (χ0) is 19.3. The van der Waals surface area contributed by atoms with E-state index >= 15 is 0 Å². The van der Waals surface area contributed by atoms with Crippen LogP contribution in [0.2, 0.25) is 5.02 Å². The maximum absolute atomic E-state index is 14.1. The number of rotatable bonds is 7. The van der Waals surface area contributed by atoms with E-state index in [1.165, 1.54) is 6.07 Å². The molecule has 0 atom stereocenters. The molecular formula is C18H19ClFNO4S. The molecule has 0 bridgehead atoms. The van der Waals surface area contributed by atoms with Gasteiger partial charge >= 0.3 is 5.97 Å². The molecular weight excluding hydrogens is 381 g/mol. The number of sulfonamides is 1. The minimum absolute atomic E-state index is 0.00843. The van der Waals surface area contributed by atoms with Crippen LogP contribution in [0.25, 0.3) is 0 Å². The summed E-state index contributed by atoms with van der Waals surface area (Å²) in [4.78, 5) is 11.7. The lowest BCUT2D eigenvalue weighted by Gasteiger charge is -2.19. The van der Waals surface area contributed by atoms with E-state index in [1.807, 2.05) is 0 Å². The summed E-state index contributed by atoms with van der Waals surface area (Å²) in [7, 11) is -4.02. The second kappa shape index (κ2) is 8.62. The first-order valence-corrected chi connectivity index (χ1v) is 9.82. The summed E-state index contributed by atoms with van der Waals surface area (Å²) >= 11 is 5.79. The van der Waals surface area contributed by atoms with E-state index in [2.05, 4.69) is 0 Å². The number of esters is 1. The predicted molar refractivity (Wildman–Crippen MR) is 97.1 cm³/mol. The first-order chi connectivity index (χ1) is 12.3. The SMILES string of the molecule is CCN(CC)S(=O)(=O)c1cc(C(=O)OCc2ccc(Cl)cc2)ccc1F. The molecule has 2 aromatic rings. The van der Waals surface area contributed by atoms with Gasteiger partial charge in [0, 0.05) is 18.1 Å². The van der Waals surface area contributed by atoms with Crippen LogP contribution in [0.4, 0.5) is 4.39 Å². The van der Waals surface area contributed by atoms with Gasteiger partial charge in [0.05, 0.1) is 5.56 Å². The van der Waals surface area contributed by atoms with E-state index in [1.54, 1.807) is 38.1 Å². The molecule has 0 unspecified atom stereocenters. The molecule has 0 aliphatic carbocycles. The Labute approximate surface area is 157 Å². The van der Waals surface area contributed by atoms with Gasteiger partial charge in [0.1, 0.15) is 17.3 Å². The molecule has 140 valence electrons. The minimum Gasteiger partial charge on any atom is -0.457 e. The van der Waals surface area contributed by atoms with E-state index in [9.17, 15) is 17.6 Å². The van der Waals surface area contributed by atoms with Gasteiger partial charge in [0.2, 0.25) is 10.0 Å². The molecule has 0 amide bonds. The molecule has 0 fully saturated rings. The lowest BCUT2D eigenvalue weighted by Crippen LogP contribution is -2.31. The Balaban J connectivity index is 2.22. The summed E-state index contributed by atoms with van der Waals surface area (Å²) in [5.74, 6) is -1.65. The first kappa shape index (κ1) is 20.4. The Kier molecular flexibility index (Phi) is 6.75. The number of benzene rings is 2. The third-order valence-corrected chi connectivity index (χ3v) is 6.09. The Morgan fingerprint density at radius 3 is 2.31 bits per heavy atom. The molecule has 0 aliphatic rings. The zero-order valence-electron chi connectivity index (χ0n) is 14.4. The summed E-state index contributed by atoms with van der Waals surface area (Å²) in [6.07, 6.45) is 0. The van der Waals surface area contributed by atoms with Crippen molar-refractivity contribution < 1.29 is 22.3 Å². The van der Waals surface area contributed by atoms with E-state index < -0.39 is 26.7 Å². The third-order valence-electron chi connectivity index (χ3n) is 3.77. The monoisotopic (exact) mass is 399 g/mol. The molecule has 0 saturated heterocycles. The number of nitrogens with zero attached hydrogens (tertiary/aromatic N) is 1. The van der Waals surface area contributed by atoms with Crippen LogP contribution in [-0.4, -0.2) is 31.8 Å². The topological polar surface area (TPSA) is 63.7 Å². The van der Waals surface area contributed by atoms with Gasteiger partial charge in [-0.25, -0.2) is 17.6 Å². The van der Waals surface area contributed by atoms with Crippen molar-refractivity contribution in [2.75, 3.05) is 13.1 Å². The highest BCUT2D eigenvalue weighted by atomic mass is 35.5. The van der Waals surface area contributed by atoms with E-state index in [0.717, 1.165) is 22.0 Å². The Morgan fingerprint density at radius 1 is 1.12 bits per heavy atom. The van der Waals surface area contributed by atoms with Crippen LogP contribution in [0.3, 0.4) is 0 Å². The van der Waals surface area contributed by atoms with Crippen LogP contribution in [0, 0.1) is 5.82 Å². The third kappa shape index (κ3) is 4.60. The van der Waals surface area contributed by atoms with Gasteiger partial charge in [-0.15, -0.1) is 0 Å². The Morgan fingerprint density at radius 2 is 1.73 bits per heavy atom. The number of hydrogen-bond donors (Lipinski definition) is 0. The normalized spacial score (nSPS) is 11.6. The summed E-state index contributed by atoms with van der Waals surface area (Å²) in [6.45, 7) is 3.70. The highest BCUT2D eigenvalue weighted by Gasteiger charge is 2.26. The maximum Gasteiger partial charge on any atom is 0.338 e. The van der Waals surface area contributed by atoms with Crippen LogP contribution in [0.15, 0.2) is 47.4 Å². The molecule has 2 rings (SSSR count). The Hall–Kier alpha value is -1.96. The number of hydrogen-bond acceptors (Lipinski definition) is 4. The van der Waals surface area contributed by atoms with Crippen LogP contribution < -0.4 is 0 Å². The fraction of sp³-hybridized carbons (Fsp3) is 0.278. The highest BCUT2D eigenvalue weighted by Crippen LogP contribution is 2.21.